The van der Waals surface area contributed by atoms with Crippen LogP contribution in [0.1, 0.15) is 28.6 Å². The van der Waals surface area contributed by atoms with Crippen molar-refractivity contribution >= 4 is 64.2 Å². The summed E-state index contributed by atoms with van der Waals surface area (Å²) in [5.41, 5.74) is 2.90. The number of amides is 2. The molecule has 1 fully saturated rings. The number of nitrogens with one attached hydrogen (secondary N) is 3. The first-order chi connectivity index (χ1) is 19.7. The summed E-state index contributed by atoms with van der Waals surface area (Å²) in [6, 6.07) is 19.4. The Morgan fingerprint density at radius 3 is 2.51 bits per heavy atom. The summed E-state index contributed by atoms with van der Waals surface area (Å²) in [6.45, 7) is 1.92. The zero-order chi connectivity index (χ0) is 29.1. The van der Waals surface area contributed by atoms with Gasteiger partial charge in [0.1, 0.15) is 16.9 Å². The van der Waals surface area contributed by atoms with Gasteiger partial charge in [-0.15, -0.1) is 11.3 Å². The molecule has 1 saturated heterocycles. The van der Waals surface area contributed by atoms with Crippen LogP contribution in [0.15, 0.2) is 72.8 Å². The molecule has 7 nitrogen and oxygen atoms in total. The van der Waals surface area contributed by atoms with Crippen LogP contribution in [0.5, 0.6) is 0 Å². The van der Waals surface area contributed by atoms with Crippen LogP contribution in [-0.2, 0) is 9.59 Å². The van der Waals surface area contributed by atoms with E-state index in [0.29, 0.717) is 10.7 Å². The molecular formula is C29H26Cl2FN5O2S2. The minimum absolute atomic E-state index is 0.0869. The summed E-state index contributed by atoms with van der Waals surface area (Å²) >= 11 is 15.0. The normalized spacial score (nSPS) is 18.1. The van der Waals surface area contributed by atoms with Gasteiger partial charge < -0.3 is 10.6 Å². The van der Waals surface area contributed by atoms with Crippen LogP contribution >= 0.6 is 46.7 Å². The van der Waals surface area contributed by atoms with Crippen molar-refractivity contribution in [1.82, 2.24) is 19.3 Å². The average molecular weight is 631 g/mol. The number of benzene rings is 3. The largest absolute Gasteiger partial charge is 0.343 e. The van der Waals surface area contributed by atoms with Crippen LogP contribution in [0.2, 0.25) is 10.0 Å². The Morgan fingerprint density at radius 1 is 1.05 bits per heavy atom. The molecule has 2 heterocycles. The molecule has 3 atom stereocenters. The number of thiazole rings is 1. The second-order valence-corrected chi connectivity index (χ2v) is 12.3. The van der Waals surface area contributed by atoms with Crippen molar-refractivity contribution in [3.8, 4) is 10.6 Å². The molecule has 3 N–H and O–H groups in total. The lowest BCUT2D eigenvalue weighted by Gasteiger charge is -2.35. The molecule has 0 radical (unpaired) electrons. The summed E-state index contributed by atoms with van der Waals surface area (Å²) in [7, 11) is 1.76. The summed E-state index contributed by atoms with van der Waals surface area (Å²) in [4.78, 5) is 32.5. The number of carbonyl (C=O) groups excluding carboxylic acids is 2. The number of nitrogens with zero attached hydrogens (tertiary/aromatic N) is 2. The monoisotopic (exact) mass is 629 g/mol. The molecule has 0 saturated carbocycles. The third-order valence-corrected chi connectivity index (χ3v) is 9.47. The number of aryl methyl sites for hydroxylation is 1. The maximum absolute atomic E-state index is 13.7. The molecule has 4 aromatic rings. The maximum Gasteiger partial charge on any atom is 0.242 e. The number of rotatable bonds is 7. The minimum Gasteiger partial charge on any atom is -0.343 e. The van der Waals surface area contributed by atoms with Crippen LogP contribution in [0.25, 0.3) is 10.6 Å². The Labute approximate surface area is 255 Å². The van der Waals surface area contributed by atoms with Crippen LogP contribution in [0, 0.1) is 12.7 Å². The highest BCUT2D eigenvalue weighted by molar-refractivity contribution is 7.95. The maximum atomic E-state index is 13.7. The molecular weight excluding hydrogens is 604 g/mol. The van der Waals surface area contributed by atoms with E-state index in [2.05, 4.69) is 15.4 Å². The Bertz CT molecular complexity index is 1570. The van der Waals surface area contributed by atoms with Crippen LogP contribution in [0.3, 0.4) is 0 Å². The molecule has 41 heavy (non-hydrogen) atoms. The number of aromatic nitrogens is 1. The fraction of sp³-hybridized carbons (Fsp3) is 0.207. The number of hydrogen-bond acceptors (Lipinski definition) is 7. The smallest absolute Gasteiger partial charge is 0.242 e. The summed E-state index contributed by atoms with van der Waals surface area (Å²) in [5.74, 6) is -1.16. The van der Waals surface area contributed by atoms with Crippen molar-refractivity contribution in [2.75, 3.05) is 12.4 Å². The number of hydrogen-bond donors (Lipinski definition) is 3. The molecule has 1 aliphatic rings. The van der Waals surface area contributed by atoms with E-state index in [1.165, 1.54) is 41.7 Å². The van der Waals surface area contributed by atoms with Crippen LogP contribution in [-0.4, -0.2) is 40.2 Å². The Balaban J connectivity index is 1.36. The lowest BCUT2D eigenvalue weighted by molar-refractivity contribution is -0.124. The number of halogens is 3. The van der Waals surface area contributed by atoms with Crippen molar-refractivity contribution in [2.45, 2.75) is 31.5 Å². The fourth-order valence-corrected chi connectivity index (χ4v) is 6.93. The van der Waals surface area contributed by atoms with Gasteiger partial charge in [0.05, 0.1) is 32.7 Å². The van der Waals surface area contributed by atoms with Crippen molar-refractivity contribution in [3.63, 3.8) is 0 Å². The molecule has 3 unspecified atom stereocenters. The second-order valence-electron chi connectivity index (χ2n) is 9.48. The van der Waals surface area contributed by atoms with Gasteiger partial charge in [-0.2, -0.15) is 0 Å². The van der Waals surface area contributed by atoms with E-state index in [-0.39, 0.29) is 23.3 Å². The molecule has 3 aromatic carbocycles. The van der Waals surface area contributed by atoms with E-state index in [9.17, 15) is 14.0 Å². The molecule has 1 aliphatic heterocycles. The van der Waals surface area contributed by atoms with Gasteiger partial charge >= 0.3 is 0 Å². The fourth-order valence-electron chi connectivity index (χ4n) is 4.48. The predicted octanol–water partition coefficient (Wildman–Crippen LogP) is 6.63. The second kappa shape index (κ2) is 12.9. The zero-order valence-corrected chi connectivity index (χ0v) is 25.2. The van der Waals surface area contributed by atoms with Gasteiger partial charge in [-0.25, -0.2) is 18.4 Å². The Hall–Kier alpha value is -2.99. The lowest BCUT2D eigenvalue weighted by Crippen LogP contribution is -2.54. The van der Waals surface area contributed by atoms with Gasteiger partial charge in [-0.05, 0) is 50.2 Å². The first-order valence-electron chi connectivity index (χ1n) is 12.7. The zero-order valence-electron chi connectivity index (χ0n) is 22.0. The van der Waals surface area contributed by atoms with Crippen LogP contribution < -0.4 is 15.4 Å². The van der Waals surface area contributed by atoms with Crippen LogP contribution in [0.4, 0.5) is 10.1 Å². The van der Waals surface area contributed by atoms with Crippen molar-refractivity contribution < 1.29 is 14.0 Å². The topological polar surface area (TPSA) is 86.4 Å². The highest BCUT2D eigenvalue weighted by atomic mass is 35.5. The van der Waals surface area contributed by atoms with Gasteiger partial charge in [0.2, 0.25) is 11.8 Å². The molecule has 0 spiro atoms. The minimum atomic E-state index is -0.661. The molecule has 1 aromatic heterocycles. The van der Waals surface area contributed by atoms with Gasteiger partial charge in [-0.3, -0.25) is 9.59 Å². The average Bonchev–Trinajstić information content (AvgIpc) is 3.35. The van der Waals surface area contributed by atoms with Gasteiger partial charge in [0.25, 0.3) is 0 Å². The SMILES string of the molecule is Cc1nc(-c2ccccc2Cl)sc1C(NC(=O)C1CC(C(=O)Nc2ccc(F)c(Cl)c2)N(C)SN1)c1ccccc1. The van der Waals surface area contributed by atoms with E-state index < -0.39 is 23.9 Å². The van der Waals surface area contributed by atoms with Gasteiger partial charge in [0, 0.05) is 23.4 Å². The van der Waals surface area contributed by atoms with E-state index in [0.717, 1.165) is 26.7 Å². The molecule has 2 amide bonds. The van der Waals surface area contributed by atoms with E-state index in [4.69, 9.17) is 28.2 Å². The van der Waals surface area contributed by atoms with Gasteiger partial charge in [0.15, 0.2) is 0 Å². The highest BCUT2D eigenvalue weighted by Crippen LogP contribution is 2.37. The summed E-state index contributed by atoms with van der Waals surface area (Å²) in [6.07, 6.45) is 0.212. The molecule has 5 rings (SSSR count). The quantitative estimate of drug-likeness (QED) is 0.199. The molecule has 0 bridgehead atoms. The number of carbonyl (C=O) groups is 2. The first kappa shape index (κ1) is 29.5. The molecule has 0 aliphatic carbocycles. The third kappa shape index (κ3) is 6.74. The number of anilines is 1. The van der Waals surface area contributed by atoms with Crippen molar-refractivity contribution in [2.24, 2.45) is 0 Å². The lowest BCUT2D eigenvalue weighted by atomic mass is 10.0. The van der Waals surface area contributed by atoms with Crippen molar-refractivity contribution in [1.29, 1.82) is 0 Å². The standard InChI is InChI=1S/C29H26Cl2FN5O2S2/c1-16-26(40-29(33-16)19-10-6-7-11-20(19)30)25(17-8-4-3-5-9-17)35-27(38)23-15-24(37(2)41-36-23)28(39)34-18-12-13-22(32)21(31)14-18/h3-14,23-25,36H,15H2,1-2H3,(H,34,39)(H,35,38). The van der Waals surface area contributed by atoms with E-state index in [1.807, 2.05) is 61.5 Å². The first-order valence-corrected chi connectivity index (χ1v) is 15.0. The highest BCUT2D eigenvalue weighted by Gasteiger charge is 2.36. The van der Waals surface area contributed by atoms with E-state index in [1.54, 1.807) is 11.4 Å². The predicted molar refractivity (Wildman–Crippen MR) is 164 cm³/mol. The van der Waals surface area contributed by atoms with E-state index >= 15 is 0 Å². The Kier molecular flexibility index (Phi) is 9.28. The third-order valence-electron chi connectivity index (χ3n) is 6.66. The summed E-state index contributed by atoms with van der Waals surface area (Å²) < 4.78 is 18.4. The molecule has 12 heteroatoms. The molecule has 212 valence electrons. The summed E-state index contributed by atoms with van der Waals surface area (Å²) in [5, 5.41) is 7.25. The van der Waals surface area contributed by atoms with Gasteiger partial charge in [-0.1, -0.05) is 71.7 Å². The Morgan fingerprint density at radius 2 is 1.78 bits per heavy atom. The number of likely N-dealkylation sites (N-methyl/N-ethyl adjacent to an activating group) is 1. The van der Waals surface area contributed by atoms with Crippen molar-refractivity contribution in [3.05, 3.63) is 105 Å².